The zero-order valence-electron chi connectivity index (χ0n) is 8.86. The van der Waals surface area contributed by atoms with Crippen molar-refractivity contribution in [3.8, 4) is 0 Å². The number of nitrogen functional groups attached to an aromatic ring is 1. The van der Waals surface area contributed by atoms with E-state index in [1.165, 1.54) is 0 Å². The van der Waals surface area contributed by atoms with Crippen molar-refractivity contribution in [1.82, 2.24) is 4.98 Å². The average molecular weight is 209 g/mol. The molecular formula is C10H15N3O2. The number of carbonyl (C=O) groups is 1. The van der Waals surface area contributed by atoms with Gasteiger partial charge in [0.1, 0.15) is 0 Å². The Morgan fingerprint density at radius 2 is 2.40 bits per heavy atom. The van der Waals surface area contributed by atoms with E-state index in [0.29, 0.717) is 24.0 Å². The van der Waals surface area contributed by atoms with Crippen LogP contribution in [-0.4, -0.2) is 17.7 Å². The molecule has 1 rings (SSSR count). The van der Waals surface area contributed by atoms with Gasteiger partial charge in [-0.25, -0.2) is 9.78 Å². The molecule has 3 N–H and O–H groups in total. The zero-order chi connectivity index (χ0) is 11.3. The van der Waals surface area contributed by atoms with Crippen LogP contribution in [0.3, 0.4) is 0 Å². The molecule has 0 unspecified atom stereocenters. The summed E-state index contributed by atoms with van der Waals surface area (Å²) in [7, 11) is 0. The third kappa shape index (κ3) is 3.84. The number of ether oxygens (including phenoxy) is 1. The van der Waals surface area contributed by atoms with Crippen molar-refractivity contribution in [2.45, 2.75) is 13.8 Å². The summed E-state index contributed by atoms with van der Waals surface area (Å²) < 4.78 is 4.92. The summed E-state index contributed by atoms with van der Waals surface area (Å²) in [5.74, 6) is 0.628. The standard InChI is InChI=1S/C10H15N3O2/c1-7(2)6-15-10(14)13-9-8(11)4-3-5-12-9/h3-5,7H,6,11H2,1-2H3,(H,12,13,14). The lowest BCUT2D eigenvalue weighted by Gasteiger charge is -2.09. The highest BCUT2D eigenvalue weighted by Crippen LogP contribution is 2.12. The lowest BCUT2D eigenvalue weighted by molar-refractivity contribution is 0.147. The maximum Gasteiger partial charge on any atom is 0.412 e. The molecule has 0 aliphatic rings. The van der Waals surface area contributed by atoms with Gasteiger partial charge in [0, 0.05) is 6.20 Å². The second kappa shape index (κ2) is 5.19. The first kappa shape index (κ1) is 11.3. The first-order valence-corrected chi connectivity index (χ1v) is 4.74. The Morgan fingerprint density at radius 1 is 1.67 bits per heavy atom. The van der Waals surface area contributed by atoms with Crippen molar-refractivity contribution in [1.29, 1.82) is 0 Å². The number of anilines is 2. The molecule has 0 aromatic carbocycles. The molecule has 5 heteroatoms. The van der Waals surface area contributed by atoms with Crippen LogP contribution >= 0.6 is 0 Å². The van der Waals surface area contributed by atoms with Crippen molar-refractivity contribution in [3.05, 3.63) is 18.3 Å². The summed E-state index contributed by atoms with van der Waals surface area (Å²) in [4.78, 5) is 15.1. The minimum Gasteiger partial charge on any atom is -0.449 e. The highest BCUT2D eigenvalue weighted by molar-refractivity contribution is 5.86. The van der Waals surface area contributed by atoms with Gasteiger partial charge in [-0.1, -0.05) is 13.8 Å². The van der Waals surface area contributed by atoms with Crippen molar-refractivity contribution in [2.75, 3.05) is 17.7 Å². The van der Waals surface area contributed by atoms with Gasteiger partial charge in [0.05, 0.1) is 12.3 Å². The van der Waals surface area contributed by atoms with Crippen LogP contribution in [0.1, 0.15) is 13.8 Å². The summed E-state index contributed by atoms with van der Waals surface area (Å²) in [6, 6.07) is 3.35. The Balaban J connectivity index is 2.48. The van der Waals surface area contributed by atoms with Crippen molar-refractivity contribution in [2.24, 2.45) is 5.92 Å². The van der Waals surface area contributed by atoms with Crippen LogP contribution < -0.4 is 11.1 Å². The van der Waals surface area contributed by atoms with Crippen molar-refractivity contribution >= 4 is 17.6 Å². The third-order valence-corrected chi connectivity index (χ3v) is 1.61. The van der Waals surface area contributed by atoms with E-state index in [0.717, 1.165) is 0 Å². The molecule has 0 aliphatic heterocycles. The van der Waals surface area contributed by atoms with Gasteiger partial charge in [-0.15, -0.1) is 0 Å². The first-order chi connectivity index (χ1) is 7.09. The van der Waals surface area contributed by atoms with Crippen molar-refractivity contribution < 1.29 is 9.53 Å². The molecule has 0 bridgehead atoms. The summed E-state index contributed by atoms with van der Waals surface area (Å²) in [5.41, 5.74) is 6.01. The zero-order valence-corrected chi connectivity index (χ0v) is 8.86. The number of amides is 1. The number of hydrogen-bond acceptors (Lipinski definition) is 4. The summed E-state index contributed by atoms with van der Waals surface area (Å²) in [6.45, 7) is 4.30. The minimum absolute atomic E-state index is 0.303. The van der Waals surface area contributed by atoms with E-state index >= 15 is 0 Å². The maximum absolute atomic E-state index is 11.2. The predicted octanol–water partition coefficient (Wildman–Crippen LogP) is 1.87. The van der Waals surface area contributed by atoms with Crippen molar-refractivity contribution in [3.63, 3.8) is 0 Å². The van der Waals surface area contributed by atoms with Gasteiger partial charge in [0.2, 0.25) is 0 Å². The molecule has 1 amide bonds. The molecule has 15 heavy (non-hydrogen) atoms. The SMILES string of the molecule is CC(C)COC(=O)Nc1ncccc1N. The third-order valence-electron chi connectivity index (χ3n) is 1.61. The molecule has 1 aromatic rings. The fraction of sp³-hybridized carbons (Fsp3) is 0.400. The number of nitrogens with one attached hydrogen (secondary N) is 1. The highest BCUT2D eigenvalue weighted by atomic mass is 16.5. The smallest absolute Gasteiger partial charge is 0.412 e. The van der Waals surface area contributed by atoms with Gasteiger partial charge in [0.25, 0.3) is 0 Å². The van der Waals surface area contributed by atoms with E-state index in [-0.39, 0.29) is 0 Å². The monoisotopic (exact) mass is 209 g/mol. The van der Waals surface area contributed by atoms with Gasteiger partial charge in [-0.2, -0.15) is 0 Å². The van der Waals surface area contributed by atoms with E-state index in [1.807, 2.05) is 13.8 Å². The molecule has 0 saturated heterocycles. The maximum atomic E-state index is 11.2. The lowest BCUT2D eigenvalue weighted by Crippen LogP contribution is -2.18. The van der Waals surface area contributed by atoms with E-state index < -0.39 is 6.09 Å². The summed E-state index contributed by atoms with van der Waals surface area (Å²) in [5, 5.41) is 2.47. The van der Waals surface area contributed by atoms with Crippen LogP contribution in [0.2, 0.25) is 0 Å². The molecule has 0 spiro atoms. The van der Waals surface area contributed by atoms with E-state index in [9.17, 15) is 4.79 Å². The molecule has 82 valence electrons. The van der Waals surface area contributed by atoms with Gasteiger partial charge in [-0.3, -0.25) is 5.32 Å². The molecule has 0 radical (unpaired) electrons. The Labute approximate surface area is 88.6 Å². The lowest BCUT2D eigenvalue weighted by atomic mass is 10.2. The van der Waals surface area contributed by atoms with Crippen LogP contribution in [0.4, 0.5) is 16.3 Å². The number of aromatic nitrogens is 1. The van der Waals surface area contributed by atoms with Gasteiger partial charge in [-0.05, 0) is 18.1 Å². The van der Waals surface area contributed by atoms with E-state index in [4.69, 9.17) is 10.5 Å². The topological polar surface area (TPSA) is 77.2 Å². The quantitative estimate of drug-likeness (QED) is 0.796. The van der Waals surface area contributed by atoms with Crippen LogP contribution in [0.5, 0.6) is 0 Å². The normalized spacial score (nSPS) is 10.1. The van der Waals surface area contributed by atoms with Crippen LogP contribution in [-0.2, 0) is 4.74 Å². The van der Waals surface area contributed by atoms with E-state index in [2.05, 4.69) is 10.3 Å². The Morgan fingerprint density at radius 3 is 3.00 bits per heavy atom. The highest BCUT2D eigenvalue weighted by Gasteiger charge is 2.07. The van der Waals surface area contributed by atoms with Gasteiger partial charge in [0.15, 0.2) is 5.82 Å². The number of pyridine rings is 1. The molecule has 0 aliphatic carbocycles. The van der Waals surface area contributed by atoms with Gasteiger partial charge < -0.3 is 10.5 Å². The van der Waals surface area contributed by atoms with Crippen LogP contribution in [0.25, 0.3) is 0 Å². The Kier molecular flexibility index (Phi) is 3.91. The molecule has 1 aromatic heterocycles. The second-order valence-electron chi connectivity index (χ2n) is 3.56. The van der Waals surface area contributed by atoms with Gasteiger partial charge >= 0.3 is 6.09 Å². The molecule has 0 saturated carbocycles. The summed E-state index contributed by atoms with van der Waals surface area (Å²) in [6.07, 6.45) is 1.02. The fourth-order valence-electron chi connectivity index (χ4n) is 0.897. The predicted molar refractivity (Wildman–Crippen MR) is 58.5 cm³/mol. The fourth-order valence-corrected chi connectivity index (χ4v) is 0.897. The number of hydrogen-bond donors (Lipinski definition) is 2. The minimum atomic E-state index is -0.533. The first-order valence-electron chi connectivity index (χ1n) is 4.74. The number of nitrogens with zero attached hydrogens (tertiary/aromatic N) is 1. The second-order valence-corrected chi connectivity index (χ2v) is 3.56. The van der Waals surface area contributed by atoms with E-state index in [1.54, 1.807) is 18.3 Å². The largest absolute Gasteiger partial charge is 0.449 e. The summed E-state index contributed by atoms with van der Waals surface area (Å²) >= 11 is 0. The Bertz CT molecular complexity index is 339. The molecule has 1 heterocycles. The molecular weight excluding hydrogens is 194 g/mol. The van der Waals surface area contributed by atoms with Crippen LogP contribution in [0.15, 0.2) is 18.3 Å². The number of nitrogens with two attached hydrogens (primary N) is 1. The average Bonchev–Trinajstić information content (AvgIpc) is 2.18. The number of rotatable bonds is 3. The molecule has 0 fully saturated rings. The Hall–Kier alpha value is -1.78. The molecule has 0 atom stereocenters. The number of carbonyl (C=O) groups excluding carboxylic acids is 1. The van der Waals surface area contributed by atoms with Crippen LogP contribution in [0, 0.1) is 5.92 Å². The molecule has 5 nitrogen and oxygen atoms in total.